The summed E-state index contributed by atoms with van der Waals surface area (Å²) in [7, 11) is 0. The smallest absolute Gasteiger partial charge is 0.382 e. The Morgan fingerprint density at radius 1 is 0.750 bits per heavy atom. The molecule has 11 nitrogen and oxygen atoms in total. The van der Waals surface area contributed by atoms with Crippen LogP contribution >= 0.6 is 0 Å². The van der Waals surface area contributed by atoms with Gasteiger partial charge in [-0.25, -0.2) is 0 Å². The minimum atomic E-state index is -5.09. The number of benzene rings is 3. The number of aliphatic hydroxyl groups is 1. The maximum absolute atomic E-state index is 13.0. The molecule has 5 amide bonds. The molecule has 0 saturated carbocycles. The van der Waals surface area contributed by atoms with Crippen LogP contribution in [-0.4, -0.2) is 66.1 Å². The lowest BCUT2D eigenvalue weighted by molar-refractivity contribution is -0.212. The number of hydrogen-bond acceptors (Lipinski definition) is 6. The quantitative estimate of drug-likeness (QED) is 0.153. The SMILES string of the molecule is CCC.NC(=O)CCC(NC(=O)CNC(=O)[C@@H](NC(=O)CNC(=O)c1ccc(-c2ccccc2)cc1)c1ccccc1)C(O)C(F)(F)F. The van der Waals surface area contributed by atoms with Crippen LogP contribution in [0.3, 0.4) is 0 Å². The standard InChI is InChI=1S/C31H32F3N5O6.C3H8/c32-31(33,34)28(43)23(15-16-24(35)40)38-25(41)17-37-30(45)27(21-9-5-2-6-10-21)39-26(42)18-36-29(44)22-13-11-20(12-14-22)19-7-3-1-4-8-19;1-3-2/h1-14,23,27-28,43H,15-18H2,(H2,35,40)(H,36,44)(H,37,45)(H,38,41)(H,39,42);3H2,1-2H3/t23?,27-,28?;/m0./s1. The Hall–Kier alpha value is -5.24. The number of aliphatic hydroxyl groups excluding tert-OH is 1. The summed E-state index contributed by atoms with van der Waals surface area (Å²) in [6, 6.07) is 20.9. The molecule has 0 aliphatic heterocycles. The number of carbonyl (C=O) groups is 5. The first-order chi connectivity index (χ1) is 22.8. The zero-order valence-corrected chi connectivity index (χ0v) is 26.6. The molecule has 7 N–H and O–H groups in total. The molecule has 3 atom stereocenters. The van der Waals surface area contributed by atoms with Gasteiger partial charge in [0, 0.05) is 12.0 Å². The van der Waals surface area contributed by atoms with Gasteiger partial charge in [0.2, 0.25) is 23.6 Å². The van der Waals surface area contributed by atoms with Crippen molar-refractivity contribution >= 4 is 29.5 Å². The topological polar surface area (TPSA) is 180 Å². The average molecular weight is 672 g/mol. The van der Waals surface area contributed by atoms with Crippen molar-refractivity contribution in [2.75, 3.05) is 13.1 Å². The third-order valence-electron chi connectivity index (χ3n) is 6.55. The van der Waals surface area contributed by atoms with Gasteiger partial charge in [-0.05, 0) is 35.2 Å². The predicted octanol–water partition coefficient (Wildman–Crippen LogP) is 3.15. The highest BCUT2D eigenvalue weighted by molar-refractivity contribution is 5.98. The van der Waals surface area contributed by atoms with E-state index in [1.165, 1.54) is 18.6 Å². The molecule has 0 saturated heterocycles. The van der Waals surface area contributed by atoms with Crippen molar-refractivity contribution in [3.05, 3.63) is 96.1 Å². The van der Waals surface area contributed by atoms with E-state index in [1.807, 2.05) is 35.6 Å². The molecule has 0 spiro atoms. The van der Waals surface area contributed by atoms with Crippen LogP contribution in [0.15, 0.2) is 84.9 Å². The first kappa shape index (κ1) is 38.9. The molecule has 0 aliphatic rings. The van der Waals surface area contributed by atoms with E-state index in [4.69, 9.17) is 5.73 Å². The van der Waals surface area contributed by atoms with Gasteiger partial charge in [-0.15, -0.1) is 0 Å². The predicted molar refractivity (Wildman–Crippen MR) is 173 cm³/mol. The van der Waals surface area contributed by atoms with E-state index in [1.54, 1.807) is 42.5 Å². The number of hydrogen-bond donors (Lipinski definition) is 6. The Morgan fingerprint density at radius 3 is 1.79 bits per heavy atom. The Bertz CT molecular complexity index is 1490. The minimum Gasteiger partial charge on any atom is -0.382 e. The van der Waals surface area contributed by atoms with Crippen LogP contribution in [0.2, 0.25) is 0 Å². The maximum Gasteiger partial charge on any atom is 0.416 e. The van der Waals surface area contributed by atoms with Gasteiger partial charge in [-0.1, -0.05) is 93.1 Å². The normalized spacial score (nSPS) is 12.6. The van der Waals surface area contributed by atoms with Crippen molar-refractivity contribution in [1.29, 1.82) is 0 Å². The highest BCUT2D eigenvalue weighted by atomic mass is 19.4. The molecule has 0 fully saturated rings. The first-order valence-electron chi connectivity index (χ1n) is 15.1. The van der Waals surface area contributed by atoms with E-state index in [0.29, 0.717) is 11.1 Å². The summed E-state index contributed by atoms with van der Waals surface area (Å²) < 4.78 is 39.1. The number of carbonyl (C=O) groups excluding carboxylic acids is 5. The van der Waals surface area contributed by atoms with Gasteiger partial charge in [-0.2, -0.15) is 13.2 Å². The Balaban J connectivity index is 0.00000257. The minimum absolute atomic E-state index is 0.302. The van der Waals surface area contributed by atoms with E-state index in [2.05, 4.69) is 29.8 Å². The number of nitrogens with two attached hydrogens (primary N) is 1. The van der Waals surface area contributed by atoms with Crippen molar-refractivity contribution in [1.82, 2.24) is 21.3 Å². The largest absolute Gasteiger partial charge is 0.416 e. The van der Waals surface area contributed by atoms with Gasteiger partial charge in [-0.3, -0.25) is 24.0 Å². The van der Waals surface area contributed by atoms with Gasteiger partial charge >= 0.3 is 6.18 Å². The van der Waals surface area contributed by atoms with Gasteiger partial charge in [0.15, 0.2) is 6.10 Å². The number of rotatable bonds is 14. The molecule has 2 unspecified atom stereocenters. The lowest BCUT2D eigenvalue weighted by atomic mass is 10.0. The fourth-order valence-electron chi connectivity index (χ4n) is 4.23. The summed E-state index contributed by atoms with van der Waals surface area (Å²) in [5, 5.41) is 18.7. The summed E-state index contributed by atoms with van der Waals surface area (Å²) >= 11 is 0. The summed E-state index contributed by atoms with van der Waals surface area (Å²) in [4.78, 5) is 61.7. The fourth-order valence-corrected chi connectivity index (χ4v) is 4.23. The molecule has 258 valence electrons. The average Bonchev–Trinajstić information content (AvgIpc) is 3.07. The van der Waals surface area contributed by atoms with Crippen molar-refractivity contribution < 1.29 is 42.3 Å². The molecule has 0 radical (unpaired) electrons. The number of halogens is 3. The van der Waals surface area contributed by atoms with Crippen LogP contribution in [-0.2, 0) is 19.2 Å². The Morgan fingerprint density at radius 2 is 1.25 bits per heavy atom. The Kier molecular flexibility index (Phi) is 15.8. The molecule has 48 heavy (non-hydrogen) atoms. The highest BCUT2D eigenvalue weighted by Gasteiger charge is 2.44. The van der Waals surface area contributed by atoms with Crippen LogP contribution < -0.4 is 27.0 Å². The highest BCUT2D eigenvalue weighted by Crippen LogP contribution is 2.24. The van der Waals surface area contributed by atoms with Crippen molar-refractivity contribution in [2.24, 2.45) is 5.73 Å². The van der Waals surface area contributed by atoms with Gasteiger partial charge < -0.3 is 32.1 Å². The Labute approximate surface area is 276 Å². The molecule has 0 heterocycles. The van der Waals surface area contributed by atoms with Crippen molar-refractivity contribution in [2.45, 2.75) is 57.5 Å². The van der Waals surface area contributed by atoms with Crippen LogP contribution in [0, 0.1) is 0 Å². The fraction of sp³-hybridized carbons (Fsp3) is 0.324. The molecule has 0 aliphatic carbocycles. The number of nitrogens with one attached hydrogen (secondary N) is 4. The van der Waals surface area contributed by atoms with E-state index in [9.17, 15) is 42.3 Å². The summed E-state index contributed by atoms with van der Waals surface area (Å²) in [6.07, 6.45) is -7.96. The summed E-state index contributed by atoms with van der Waals surface area (Å²) in [5.41, 5.74) is 7.45. The third-order valence-corrected chi connectivity index (χ3v) is 6.55. The summed E-state index contributed by atoms with van der Waals surface area (Å²) in [5.74, 6) is -4.18. The second-order valence-corrected chi connectivity index (χ2v) is 10.6. The zero-order valence-electron chi connectivity index (χ0n) is 26.6. The van der Waals surface area contributed by atoms with E-state index in [-0.39, 0.29) is 0 Å². The van der Waals surface area contributed by atoms with E-state index >= 15 is 0 Å². The van der Waals surface area contributed by atoms with Crippen LogP contribution in [0.4, 0.5) is 13.2 Å². The first-order valence-corrected chi connectivity index (χ1v) is 15.1. The number of amides is 5. The zero-order chi connectivity index (χ0) is 35.7. The van der Waals surface area contributed by atoms with Gasteiger partial charge in [0.1, 0.15) is 6.04 Å². The van der Waals surface area contributed by atoms with Gasteiger partial charge in [0.25, 0.3) is 5.91 Å². The lowest BCUT2D eigenvalue weighted by Gasteiger charge is -2.26. The summed E-state index contributed by atoms with van der Waals surface area (Å²) in [6.45, 7) is 2.94. The lowest BCUT2D eigenvalue weighted by Crippen LogP contribution is -2.53. The molecule has 0 bridgehead atoms. The van der Waals surface area contributed by atoms with E-state index < -0.39 is 79.8 Å². The van der Waals surface area contributed by atoms with Crippen LogP contribution in [0.25, 0.3) is 11.1 Å². The second kappa shape index (κ2) is 19.4. The van der Waals surface area contributed by atoms with Crippen molar-refractivity contribution in [3.8, 4) is 11.1 Å². The molecule has 0 aromatic heterocycles. The second-order valence-electron chi connectivity index (χ2n) is 10.6. The number of alkyl halides is 3. The molecule has 14 heteroatoms. The van der Waals surface area contributed by atoms with Crippen LogP contribution in [0.1, 0.15) is 55.1 Å². The van der Waals surface area contributed by atoms with Crippen molar-refractivity contribution in [3.63, 3.8) is 0 Å². The number of primary amides is 1. The monoisotopic (exact) mass is 671 g/mol. The van der Waals surface area contributed by atoms with E-state index in [0.717, 1.165) is 11.1 Å². The van der Waals surface area contributed by atoms with Crippen LogP contribution in [0.5, 0.6) is 0 Å². The maximum atomic E-state index is 13.0. The molecule has 3 rings (SSSR count). The van der Waals surface area contributed by atoms with Gasteiger partial charge in [0.05, 0.1) is 19.1 Å². The molecular formula is C34H40F3N5O6. The molecule has 3 aromatic rings. The molecule has 3 aromatic carbocycles. The third kappa shape index (κ3) is 13.2. The molecular weight excluding hydrogens is 631 g/mol.